The number of anilines is 2. The van der Waals surface area contributed by atoms with Gasteiger partial charge in [0.05, 0.1) is 4.90 Å². The van der Waals surface area contributed by atoms with Gasteiger partial charge < -0.3 is 5.32 Å². The fourth-order valence-electron chi connectivity index (χ4n) is 2.81. The Balaban J connectivity index is 1.88. The average Bonchev–Trinajstić information content (AvgIpc) is 2.66. The molecule has 0 aliphatic heterocycles. The maximum absolute atomic E-state index is 12.8. The minimum atomic E-state index is -3.83. The minimum Gasteiger partial charge on any atom is -0.322 e. The first-order chi connectivity index (χ1) is 13.7. The highest BCUT2D eigenvalue weighted by atomic mass is 35.5. The lowest BCUT2D eigenvalue weighted by Crippen LogP contribution is -2.17. The standard InChI is InChI=1S/C22H21ClN2O3S/c1-14-4-8-18(9-5-14)25-29(27,28)19-10-6-15(2)20(13-19)22(26)24-21-11-7-17(23)12-16(21)3/h4-13,25H,1-3H3,(H,24,26). The summed E-state index contributed by atoms with van der Waals surface area (Å²) < 4.78 is 28.1. The second kappa shape index (κ2) is 8.27. The zero-order valence-electron chi connectivity index (χ0n) is 16.3. The third-order valence-corrected chi connectivity index (χ3v) is 6.12. The molecule has 2 N–H and O–H groups in total. The van der Waals surface area contributed by atoms with Crippen molar-refractivity contribution < 1.29 is 13.2 Å². The van der Waals surface area contributed by atoms with E-state index in [0.29, 0.717) is 22.0 Å². The van der Waals surface area contributed by atoms with Crippen LogP contribution in [0.25, 0.3) is 0 Å². The molecule has 29 heavy (non-hydrogen) atoms. The van der Waals surface area contributed by atoms with Crippen LogP contribution in [0.5, 0.6) is 0 Å². The lowest BCUT2D eigenvalue weighted by Gasteiger charge is -2.13. The van der Waals surface area contributed by atoms with E-state index in [0.717, 1.165) is 11.1 Å². The normalized spacial score (nSPS) is 11.2. The summed E-state index contributed by atoms with van der Waals surface area (Å²) in [6, 6.07) is 16.6. The molecule has 0 spiro atoms. The number of carbonyl (C=O) groups excluding carboxylic acids is 1. The van der Waals surface area contributed by atoms with E-state index < -0.39 is 10.0 Å². The SMILES string of the molecule is Cc1ccc(NS(=O)(=O)c2ccc(C)c(C(=O)Nc3ccc(Cl)cc3C)c2)cc1. The van der Waals surface area contributed by atoms with Crippen LogP contribution in [0.2, 0.25) is 5.02 Å². The van der Waals surface area contributed by atoms with Crippen LogP contribution < -0.4 is 10.0 Å². The van der Waals surface area contributed by atoms with Gasteiger partial charge in [-0.3, -0.25) is 9.52 Å². The number of rotatable bonds is 5. The molecule has 3 aromatic rings. The minimum absolute atomic E-state index is 0.0154. The molecule has 150 valence electrons. The lowest BCUT2D eigenvalue weighted by molar-refractivity contribution is 0.102. The third kappa shape index (κ3) is 4.96. The molecule has 0 bridgehead atoms. The van der Waals surface area contributed by atoms with Gasteiger partial charge in [0.1, 0.15) is 0 Å². The second-order valence-corrected chi connectivity index (χ2v) is 8.98. The highest BCUT2D eigenvalue weighted by Gasteiger charge is 2.19. The summed E-state index contributed by atoms with van der Waals surface area (Å²) in [7, 11) is -3.83. The van der Waals surface area contributed by atoms with Gasteiger partial charge >= 0.3 is 0 Å². The number of benzene rings is 3. The van der Waals surface area contributed by atoms with Crippen molar-refractivity contribution in [2.45, 2.75) is 25.7 Å². The van der Waals surface area contributed by atoms with Gasteiger partial charge in [-0.25, -0.2) is 8.42 Å². The molecule has 0 atom stereocenters. The number of aryl methyl sites for hydroxylation is 3. The monoisotopic (exact) mass is 428 g/mol. The van der Waals surface area contributed by atoms with Gasteiger partial charge in [-0.2, -0.15) is 0 Å². The van der Waals surface area contributed by atoms with Gasteiger partial charge in [-0.15, -0.1) is 0 Å². The van der Waals surface area contributed by atoms with Crippen LogP contribution in [-0.2, 0) is 10.0 Å². The first-order valence-electron chi connectivity index (χ1n) is 8.93. The third-order valence-electron chi connectivity index (χ3n) is 4.50. The summed E-state index contributed by atoms with van der Waals surface area (Å²) in [6.07, 6.45) is 0. The van der Waals surface area contributed by atoms with Crippen LogP contribution in [0.3, 0.4) is 0 Å². The molecule has 1 amide bonds. The summed E-state index contributed by atoms with van der Waals surface area (Å²) in [4.78, 5) is 12.8. The first kappa shape index (κ1) is 20.9. The van der Waals surface area contributed by atoms with E-state index >= 15 is 0 Å². The zero-order chi connectivity index (χ0) is 21.2. The molecular formula is C22H21ClN2O3S. The van der Waals surface area contributed by atoms with Crippen molar-refractivity contribution in [3.63, 3.8) is 0 Å². The lowest BCUT2D eigenvalue weighted by atomic mass is 10.1. The van der Waals surface area contributed by atoms with Crippen molar-refractivity contribution in [2.75, 3.05) is 10.0 Å². The quantitative estimate of drug-likeness (QED) is 0.577. The average molecular weight is 429 g/mol. The molecule has 0 heterocycles. The number of amides is 1. The van der Waals surface area contributed by atoms with E-state index in [1.54, 1.807) is 43.3 Å². The van der Waals surface area contributed by atoms with Gasteiger partial charge in [-0.1, -0.05) is 35.4 Å². The van der Waals surface area contributed by atoms with Crippen LogP contribution in [0.15, 0.2) is 65.6 Å². The Labute approximate surface area is 175 Å². The number of hydrogen-bond donors (Lipinski definition) is 2. The Hall–Kier alpha value is -2.83. The maximum atomic E-state index is 12.8. The van der Waals surface area contributed by atoms with Gasteiger partial charge in [0, 0.05) is 22.0 Å². The molecule has 3 rings (SSSR count). The number of sulfonamides is 1. The topological polar surface area (TPSA) is 75.3 Å². The molecule has 0 unspecified atom stereocenters. The summed E-state index contributed by atoms with van der Waals surface area (Å²) in [5, 5.41) is 3.39. The Bertz CT molecular complexity index is 1170. The summed E-state index contributed by atoms with van der Waals surface area (Å²) in [5.41, 5.74) is 3.87. The molecule has 0 aliphatic carbocycles. The van der Waals surface area contributed by atoms with E-state index in [9.17, 15) is 13.2 Å². The smallest absolute Gasteiger partial charge is 0.261 e. The van der Waals surface area contributed by atoms with Crippen LogP contribution in [0.1, 0.15) is 27.0 Å². The molecular weight excluding hydrogens is 408 g/mol. The summed E-state index contributed by atoms with van der Waals surface area (Å²) in [5.74, 6) is -0.389. The second-order valence-electron chi connectivity index (χ2n) is 6.86. The molecule has 0 saturated carbocycles. The Morgan fingerprint density at radius 2 is 1.55 bits per heavy atom. The molecule has 5 nitrogen and oxygen atoms in total. The van der Waals surface area contributed by atoms with Crippen LogP contribution >= 0.6 is 11.6 Å². The van der Waals surface area contributed by atoms with Crippen molar-refractivity contribution in [3.05, 3.63) is 87.9 Å². The number of nitrogens with one attached hydrogen (secondary N) is 2. The Morgan fingerprint density at radius 1 is 0.862 bits per heavy atom. The van der Waals surface area contributed by atoms with Crippen molar-refractivity contribution in [1.29, 1.82) is 0 Å². The largest absolute Gasteiger partial charge is 0.322 e. The fourth-order valence-corrected chi connectivity index (χ4v) is 4.12. The van der Waals surface area contributed by atoms with Crippen molar-refractivity contribution in [2.24, 2.45) is 0 Å². The summed E-state index contributed by atoms with van der Waals surface area (Å²) >= 11 is 5.96. The zero-order valence-corrected chi connectivity index (χ0v) is 17.9. The van der Waals surface area contributed by atoms with E-state index in [4.69, 9.17) is 11.6 Å². The predicted molar refractivity (Wildman–Crippen MR) is 117 cm³/mol. The molecule has 0 aliphatic rings. The van der Waals surface area contributed by atoms with E-state index in [2.05, 4.69) is 10.0 Å². The van der Waals surface area contributed by atoms with E-state index in [-0.39, 0.29) is 16.4 Å². The van der Waals surface area contributed by atoms with Crippen molar-refractivity contribution in [1.82, 2.24) is 0 Å². The van der Waals surface area contributed by atoms with E-state index in [1.807, 2.05) is 26.0 Å². The maximum Gasteiger partial charge on any atom is 0.261 e. The van der Waals surface area contributed by atoms with Crippen LogP contribution in [0.4, 0.5) is 11.4 Å². The molecule has 7 heteroatoms. The van der Waals surface area contributed by atoms with Gasteiger partial charge in [0.25, 0.3) is 15.9 Å². The molecule has 0 saturated heterocycles. The molecule has 3 aromatic carbocycles. The Morgan fingerprint density at radius 3 is 2.21 bits per heavy atom. The predicted octanol–water partition coefficient (Wildman–Crippen LogP) is 5.32. The summed E-state index contributed by atoms with van der Waals surface area (Å²) in [6.45, 7) is 5.51. The highest BCUT2D eigenvalue weighted by Crippen LogP contribution is 2.23. The number of halogens is 1. The van der Waals surface area contributed by atoms with Crippen LogP contribution in [0, 0.1) is 20.8 Å². The van der Waals surface area contributed by atoms with Gasteiger partial charge in [0.2, 0.25) is 0 Å². The first-order valence-corrected chi connectivity index (χ1v) is 10.8. The van der Waals surface area contributed by atoms with Crippen molar-refractivity contribution >= 4 is 38.9 Å². The van der Waals surface area contributed by atoms with Gasteiger partial charge in [-0.05, 0) is 74.4 Å². The molecule has 0 aromatic heterocycles. The van der Waals surface area contributed by atoms with Gasteiger partial charge in [0.15, 0.2) is 0 Å². The molecule has 0 fully saturated rings. The van der Waals surface area contributed by atoms with Crippen LogP contribution in [-0.4, -0.2) is 14.3 Å². The number of carbonyl (C=O) groups is 1. The fraction of sp³-hybridized carbons (Fsp3) is 0.136. The van der Waals surface area contributed by atoms with Crippen molar-refractivity contribution in [3.8, 4) is 0 Å². The van der Waals surface area contributed by atoms with E-state index in [1.165, 1.54) is 12.1 Å². The number of hydrogen-bond acceptors (Lipinski definition) is 3. The molecule has 0 radical (unpaired) electrons. The highest BCUT2D eigenvalue weighted by molar-refractivity contribution is 7.92. The Kier molecular flexibility index (Phi) is 5.96.